The number of rotatable bonds is 3. The highest BCUT2D eigenvalue weighted by molar-refractivity contribution is 7.80. The molecule has 0 aromatic heterocycles. The van der Waals surface area contributed by atoms with Crippen molar-refractivity contribution in [2.75, 3.05) is 0 Å². The second kappa shape index (κ2) is 8.51. The summed E-state index contributed by atoms with van der Waals surface area (Å²) in [4.78, 5) is 1.39. The first-order valence-corrected chi connectivity index (χ1v) is 11.6. The molecule has 0 nitrogen and oxygen atoms in total. The Morgan fingerprint density at radius 3 is 1.28 bits per heavy atom. The third-order valence-corrected chi connectivity index (χ3v) is 7.87. The molecule has 25 heavy (non-hydrogen) atoms. The van der Waals surface area contributed by atoms with Crippen molar-refractivity contribution in [1.82, 2.24) is 0 Å². The molecule has 0 atom stereocenters. The maximum Gasteiger partial charge on any atom is 0.0110 e. The maximum absolute atomic E-state index is 5.14. The van der Waals surface area contributed by atoms with E-state index in [-0.39, 0.29) is 0 Å². The standard InChI is InChI=1S/C24H36S/c25-24-22(19-12-6-2-7-13-19)16-21(18-10-4-1-5-11-18)17-23(24)20-14-8-3-9-15-20/h16-20,25H,1-15H2. The fourth-order valence-corrected chi connectivity index (χ4v) is 6.32. The lowest BCUT2D eigenvalue weighted by atomic mass is 9.76. The third kappa shape index (κ3) is 4.12. The van der Waals surface area contributed by atoms with E-state index in [0.29, 0.717) is 0 Å². The van der Waals surface area contributed by atoms with Crippen LogP contribution in [0.4, 0.5) is 0 Å². The van der Waals surface area contributed by atoms with Gasteiger partial charge >= 0.3 is 0 Å². The van der Waals surface area contributed by atoms with E-state index in [0.717, 1.165) is 17.8 Å². The first-order valence-electron chi connectivity index (χ1n) is 11.2. The molecule has 4 rings (SSSR count). The van der Waals surface area contributed by atoms with E-state index in [2.05, 4.69) is 12.1 Å². The van der Waals surface area contributed by atoms with Crippen LogP contribution >= 0.6 is 12.6 Å². The normalized spacial score (nSPS) is 24.5. The fourth-order valence-electron chi connectivity index (χ4n) is 5.83. The summed E-state index contributed by atoms with van der Waals surface area (Å²) in [6.45, 7) is 0. The van der Waals surface area contributed by atoms with Gasteiger partial charge in [-0.2, -0.15) is 0 Å². The Morgan fingerprint density at radius 1 is 0.520 bits per heavy atom. The van der Waals surface area contributed by atoms with Gasteiger partial charge in [-0.15, -0.1) is 12.6 Å². The lowest BCUT2D eigenvalue weighted by Crippen LogP contribution is -2.13. The second-order valence-electron chi connectivity index (χ2n) is 9.05. The molecule has 0 aliphatic heterocycles. The van der Waals surface area contributed by atoms with Crippen molar-refractivity contribution >= 4 is 12.6 Å². The highest BCUT2D eigenvalue weighted by Crippen LogP contribution is 2.45. The lowest BCUT2D eigenvalue weighted by Gasteiger charge is -2.31. The van der Waals surface area contributed by atoms with Crippen LogP contribution in [0.2, 0.25) is 0 Å². The van der Waals surface area contributed by atoms with Crippen LogP contribution in [0.3, 0.4) is 0 Å². The summed E-state index contributed by atoms with van der Waals surface area (Å²) < 4.78 is 0. The zero-order valence-corrected chi connectivity index (χ0v) is 16.8. The Hall–Kier alpha value is -0.430. The Kier molecular flexibility index (Phi) is 6.11. The van der Waals surface area contributed by atoms with E-state index >= 15 is 0 Å². The van der Waals surface area contributed by atoms with Crippen LogP contribution in [0.5, 0.6) is 0 Å². The lowest BCUT2D eigenvalue weighted by molar-refractivity contribution is 0.421. The summed E-state index contributed by atoms with van der Waals surface area (Å²) in [5.41, 5.74) is 4.94. The van der Waals surface area contributed by atoms with Gasteiger partial charge in [0.1, 0.15) is 0 Å². The minimum absolute atomic E-state index is 0.784. The molecule has 0 heterocycles. The molecule has 3 fully saturated rings. The van der Waals surface area contributed by atoms with Crippen LogP contribution in [0.25, 0.3) is 0 Å². The quantitative estimate of drug-likeness (QED) is 0.519. The van der Waals surface area contributed by atoms with Gasteiger partial charge in [0.2, 0.25) is 0 Å². The smallest absolute Gasteiger partial charge is 0.0110 e. The van der Waals surface area contributed by atoms with Crippen molar-refractivity contribution in [2.45, 2.75) is 119 Å². The number of thiol groups is 1. The topological polar surface area (TPSA) is 0 Å². The average Bonchev–Trinajstić information content (AvgIpc) is 2.70. The molecule has 0 N–H and O–H groups in total. The minimum atomic E-state index is 0.784. The van der Waals surface area contributed by atoms with E-state index in [1.54, 1.807) is 16.7 Å². The van der Waals surface area contributed by atoms with Crippen molar-refractivity contribution in [3.05, 3.63) is 28.8 Å². The average molecular weight is 357 g/mol. The molecule has 1 aromatic rings. The highest BCUT2D eigenvalue weighted by Gasteiger charge is 2.26. The van der Waals surface area contributed by atoms with Gasteiger partial charge < -0.3 is 0 Å². The van der Waals surface area contributed by atoms with Gasteiger partial charge in [-0.25, -0.2) is 0 Å². The second-order valence-corrected chi connectivity index (χ2v) is 9.50. The van der Waals surface area contributed by atoms with Crippen LogP contribution in [-0.2, 0) is 0 Å². The summed E-state index contributed by atoms with van der Waals surface area (Å²) in [6, 6.07) is 5.22. The van der Waals surface area contributed by atoms with Crippen molar-refractivity contribution in [3.63, 3.8) is 0 Å². The Labute approximate surface area is 160 Å². The predicted octanol–water partition coefficient (Wildman–Crippen LogP) is 8.12. The SMILES string of the molecule is Sc1c(C2CCCCC2)cc(C2CCCCC2)cc1C1CCCCC1. The largest absolute Gasteiger partial charge is 0.143 e. The molecule has 0 unspecified atom stereocenters. The Morgan fingerprint density at radius 2 is 0.880 bits per heavy atom. The summed E-state index contributed by atoms with van der Waals surface area (Å²) in [5, 5.41) is 0. The molecule has 1 aromatic carbocycles. The summed E-state index contributed by atoms with van der Waals surface area (Å²) in [7, 11) is 0. The number of hydrogen-bond acceptors (Lipinski definition) is 1. The molecule has 0 spiro atoms. The van der Waals surface area contributed by atoms with Gasteiger partial charge in [-0.1, -0.05) is 69.9 Å². The fraction of sp³-hybridized carbons (Fsp3) is 0.750. The van der Waals surface area contributed by atoms with E-state index in [1.165, 1.54) is 101 Å². The van der Waals surface area contributed by atoms with Gasteiger partial charge in [-0.3, -0.25) is 0 Å². The molecule has 0 amide bonds. The van der Waals surface area contributed by atoms with Gasteiger partial charge in [0.15, 0.2) is 0 Å². The Bertz CT molecular complexity index is 518. The van der Waals surface area contributed by atoms with Crippen LogP contribution < -0.4 is 0 Å². The molecule has 3 aliphatic carbocycles. The monoisotopic (exact) mass is 356 g/mol. The molecule has 0 radical (unpaired) electrons. The van der Waals surface area contributed by atoms with Crippen molar-refractivity contribution in [3.8, 4) is 0 Å². The van der Waals surface area contributed by atoms with Gasteiger partial charge in [0, 0.05) is 4.90 Å². The van der Waals surface area contributed by atoms with Gasteiger partial charge in [0.05, 0.1) is 0 Å². The predicted molar refractivity (Wildman–Crippen MR) is 111 cm³/mol. The van der Waals surface area contributed by atoms with Gasteiger partial charge in [-0.05, 0) is 73.0 Å². The summed E-state index contributed by atoms with van der Waals surface area (Å²) in [6.07, 6.45) is 21.3. The molecule has 0 bridgehead atoms. The Balaban J connectivity index is 1.70. The van der Waals surface area contributed by atoms with Crippen molar-refractivity contribution < 1.29 is 0 Å². The molecule has 3 aliphatic rings. The minimum Gasteiger partial charge on any atom is -0.143 e. The van der Waals surface area contributed by atoms with Crippen molar-refractivity contribution in [1.29, 1.82) is 0 Å². The molecule has 138 valence electrons. The molecule has 1 heteroatoms. The molecular formula is C24H36S. The summed E-state index contributed by atoms with van der Waals surface area (Å²) >= 11 is 5.14. The third-order valence-electron chi connectivity index (χ3n) is 7.36. The maximum atomic E-state index is 5.14. The van der Waals surface area contributed by atoms with Crippen LogP contribution in [0, 0.1) is 0 Å². The van der Waals surface area contributed by atoms with Crippen LogP contribution in [0.15, 0.2) is 17.0 Å². The van der Waals surface area contributed by atoms with Crippen molar-refractivity contribution in [2.24, 2.45) is 0 Å². The highest BCUT2D eigenvalue weighted by atomic mass is 32.1. The van der Waals surface area contributed by atoms with E-state index in [1.807, 2.05) is 0 Å². The summed E-state index contributed by atoms with van der Waals surface area (Å²) in [5.74, 6) is 2.40. The zero-order chi connectivity index (χ0) is 17.1. The molecular weight excluding hydrogens is 320 g/mol. The number of benzene rings is 1. The molecule has 0 saturated heterocycles. The van der Waals surface area contributed by atoms with E-state index in [9.17, 15) is 0 Å². The van der Waals surface area contributed by atoms with Gasteiger partial charge in [0.25, 0.3) is 0 Å². The van der Waals surface area contributed by atoms with E-state index in [4.69, 9.17) is 12.6 Å². The first-order chi connectivity index (χ1) is 12.3. The first kappa shape index (κ1) is 18.0. The zero-order valence-electron chi connectivity index (χ0n) is 15.9. The van der Waals surface area contributed by atoms with Crippen LogP contribution in [0.1, 0.15) is 131 Å². The number of hydrogen-bond donors (Lipinski definition) is 1. The van der Waals surface area contributed by atoms with Crippen LogP contribution in [-0.4, -0.2) is 0 Å². The molecule has 3 saturated carbocycles. The van der Waals surface area contributed by atoms with E-state index < -0.39 is 0 Å².